The topological polar surface area (TPSA) is 32.3 Å². The minimum Gasteiger partial charge on any atom is -0.370 e. The molecular formula is C14H20N2O. The van der Waals surface area contributed by atoms with Crippen LogP contribution in [0.4, 0.5) is 5.69 Å². The Balaban J connectivity index is 1.82. The minimum absolute atomic E-state index is 0.221. The van der Waals surface area contributed by atoms with Crippen LogP contribution in [0.3, 0.4) is 0 Å². The first-order chi connectivity index (χ1) is 8.18. The van der Waals surface area contributed by atoms with Crippen molar-refractivity contribution in [1.82, 2.24) is 5.32 Å². The predicted octanol–water partition coefficient (Wildman–Crippen LogP) is 2.04. The van der Waals surface area contributed by atoms with E-state index in [1.807, 2.05) is 18.2 Å². The number of nitrogens with one attached hydrogen (secondary N) is 1. The van der Waals surface area contributed by atoms with Gasteiger partial charge < -0.3 is 10.2 Å². The summed E-state index contributed by atoms with van der Waals surface area (Å²) >= 11 is 0. The smallest absolute Gasteiger partial charge is 0.223 e. The van der Waals surface area contributed by atoms with E-state index in [4.69, 9.17) is 0 Å². The van der Waals surface area contributed by atoms with Crippen LogP contribution in [0.2, 0.25) is 0 Å². The van der Waals surface area contributed by atoms with Crippen molar-refractivity contribution in [3.8, 4) is 0 Å². The van der Waals surface area contributed by atoms with E-state index in [2.05, 4.69) is 36.3 Å². The molecule has 3 nitrogen and oxygen atoms in total. The number of likely N-dealkylation sites (N-methyl/N-ethyl adjacent to an activating group) is 1. The lowest BCUT2D eigenvalue weighted by molar-refractivity contribution is -0.122. The van der Waals surface area contributed by atoms with Crippen molar-refractivity contribution in [2.24, 2.45) is 5.92 Å². The number of hydrogen-bond donors (Lipinski definition) is 1. The van der Waals surface area contributed by atoms with Gasteiger partial charge in [0.15, 0.2) is 0 Å². The number of rotatable bonds is 5. The third-order valence-corrected chi connectivity index (χ3v) is 3.34. The first-order valence-electron chi connectivity index (χ1n) is 6.24. The summed E-state index contributed by atoms with van der Waals surface area (Å²) in [5, 5.41) is 3.01. The summed E-state index contributed by atoms with van der Waals surface area (Å²) in [5.74, 6) is 0.516. The number of carbonyl (C=O) groups is 1. The van der Waals surface area contributed by atoms with Crippen molar-refractivity contribution in [3.05, 3.63) is 30.3 Å². The van der Waals surface area contributed by atoms with Crippen LogP contribution in [-0.2, 0) is 4.79 Å². The highest BCUT2D eigenvalue weighted by Gasteiger charge is 2.29. The standard InChI is InChI=1S/C14H20N2O/c1-11(10-15-14(17)12-8-9-12)16(2)13-6-4-3-5-7-13/h3-7,11-12H,8-10H2,1-2H3,(H,15,17)/t11-/m1/s1. The van der Waals surface area contributed by atoms with E-state index < -0.39 is 0 Å². The molecule has 1 aromatic carbocycles. The van der Waals surface area contributed by atoms with Gasteiger partial charge in [-0.1, -0.05) is 18.2 Å². The highest BCUT2D eigenvalue weighted by Crippen LogP contribution is 2.28. The Morgan fingerprint density at radius 2 is 2.06 bits per heavy atom. The molecule has 1 amide bonds. The molecule has 1 fully saturated rings. The highest BCUT2D eigenvalue weighted by molar-refractivity contribution is 5.80. The lowest BCUT2D eigenvalue weighted by Crippen LogP contribution is -2.40. The third-order valence-electron chi connectivity index (χ3n) is 3.34. The molecular weight excluding hydrogens is 212 g/mol. The SMILES string of the molecule is C[C@H](CNC(=O)C1CC1)N(C)c1ccccc1. The van der Waals surface area contributed by atoms with E-state index in [1.54, 1.807) is 0 Å². The Hall–Kier alpha value is -1.51. The van der Waals surface area contributed by atoms with E-state index in [1.165, 1.54) is 5.69 Å². The number of para-hydroxylation sites is 1. The van der Waals surface area contributed by atoms with Crippen molar-refractivity contribution < 1.29 is 4.79 Å². The van der Waals surface area contributed by atoms with Gasteiger partial charge in [0.05, 0.1) is 0 Å². The first kappa shape index (κ1) is 12.0. The number of amides is 1. The Kier molecular flexibility index (Phi) is 3.67. The second-order valence-corrected chi connectivity index (χ2v) is 4.81. The molecule has 1 aliphatic carbocycles. The average Bonchev–Trinajstić information content (AvgIpc) is 3.20. The highest BCUT2D eigenvalue weighted by atomic mass is 16.2. The summed E-state index contributed by atoms with van der Waals surface area (Å²) in [6.45, 7) is 2.83. The Morgan fingerprint density at radius 3 is 2.65 bits per heavy atom. The summed E-state index contributed by atoms with van der Waals surface area (Å²) in [5.41, 5.74) is 1.18. The van der Waals surface area contributed by atoms with Gasteiger partial charge in [0.1, 0.15) is 0 Å². The maximum Gasteiger partial charge on any atom is 0.223 e. The Bertz CT molecular complexity index is 373. The first-order valence-corrected chi connectivity index (χ1v) is 6.24. The summed E-state index contributed by atoms with van der Waals surface area (Å²) in [7, 11) is 2.06. The summed E-state index contributed by atoms with van der Waals surface area (Å²) in [6.07, 6.45) is 2.13. The largest absolute Gasteiger partial charge is 0.370 e. The van der Waals surface area contributed by atoms with E-state index in [-0.39, 0.29) is 5.91 Å². The fourth-order valence-corrected chi connectivity index (χ4v) is 1.79. The molecule has 92 valence electrons. The molecule has 0 saturated heterocycles. The molecule has 1 aromatic rings. The second kappa shape index (κ2) is 5.21. The summed E-state index contributed by atoms with van der Waals surface area (Å²) in [6, 6.07) is 10.5. The van der Waals surface area contributed by atoms with Crippen molar-refractivity contribution >= 4 is 11.6 Å². The zero-order chi connectivity index (χ0) is 12.3. The summed E-state index contributed by atoms with van der Waals surface area (Å²) in [4.78, 5) is 13.7. The van der Waals surface area contributed by atoms with E-state index in [9.17, 15) is 4.79 Å². The van der Waals surface area contributed by atoms with Crippen LogP contribution in [-0.4, -0.2) is 25.5 Å². The van der Waals surface area contributed by atoms with Gasteiger partial charge in [-0.3, -0.25) is 4.79 Å². The maximum atomic E-state index is 11.5. The monoisotopic (exact) mass is 232 g/mol. The molecule has 1 N–H and O–H groups in total. The van der Waals surface area contributed by atoms with Crippen molar-refractivity contribution in [1.29, 1.82) is 0 Å². The molecule has 0 radical (unpaired) electrons. The lowest BCUT2D eigenvalue weighted by Gasteiger charge is -2.27. The lowest BCUT2D eigenvalue weighted by atomic mass is 10.2. The normalized spacial score (nSPS) is 16.4. The van der Waals surface area contributed by atoms with Crippen LogP contribution < -0.4 is 10.2 Å². The van der Waals surface area contributed by atoms with Gasteiger partial charge in [-0.05, 0) is 31.9 Å². The van der Waals surface area contributed by atoms with Crippen LogP contribution in [0.25, 0.3) is 0 Å². The van der Waals surface area contributed by atoms with Crippen LogP contribution in [0, 0.1) is 5.92 Å². The molecule has 2 rings (SSSR count). The molecule has 0 aliphatic heterocycles. The number of hydrogen-bond acceptors (Lipinski definition) is 2. The number of anilines is 1. The van der Waals surface area contributed by atoms with Crippen LogP contribution in [0.15, 0.2) is 30.3 Å². The molecule has 1 saturated carbocycles. The van der Waals surface area contributed by atoms with Crippen molar-refractivity contribution in [2.45, 2.75) is 25.8 Å². The molecule has 0 unspecified atom stereocenters. The van der Waals surface area contributed by atoms with Crippen molar-refractivity contribution in [2.75, 3.05) is 18.5 Å². The third kappa shape index (κ3) is 3.22. The minimum atomic E-state index is 0.221. The molecule has 0 spiro atoms. The van der Waals surface area contributed by atoms with Crippen LogP contribution in [0.5, 0.6) is 0 Å². The number of benzene rings is 1. The average molecular weight is 232 g/mol. The van der Waals surface area contributed by atoms with E-state index >= 15 is 0 Å². The van der Waals surface area contributed by atoms with Gasteiger partial charge in [0.25, 0.3) is 0 Å². The van der Waals surface area contributed by atoms with Gasteiger partial charge in [0, 0.05) is 31.2 Å². The van der Waals surface area contributed by atoms with Crippen molar-refractivity contribution in [3.63, 3.8) is 0 Å². The fraction of sp³-hybridized carbons (Fsp3) is 0.500. The van der Waals surface area contributed by atoms with Gasteiger partial charge in [-0.25, -0.2) is 0 Å². The molecule has 0 bridgehead atoms. The van der Waals surface area contributed by atoms with Gasteiger partial charge in [0.2, 0.25) is 5.91 Å². The number of carbonyl (C=O) groups excluding carboxylic acids is 1. The molecule has 17 heavy (non-hydrogen) atoms. The maximum absolute atomic E-state index is 11.5. The van der Waals surface area contributed by atoms with Crippen LogP contribution >= 0.6 is 0 Å². The fourth-order valence-electron chi connectivity index (χ4n) is 1.79. The second-order valence-electron chi connectivity index (χ2n) is 4.81. The molecule has 0 heterocycles. The number of nitrogens with zero attached hydrogens (tertiary/aromatic N) is 1. The molecule has 0 aromatic heterocycles. The van der Waals surface area contributed by atoms with E-state index in [0.29, 0.717) is 18.5 Å². The molecule has 1 atom stereocenters. The zero-order valence-electron chi connectivity index (χ0n) is 10.5. The molecule has 3 heteroatoms. The quantitative estimate of drug-likeness (QED) is 0.842. The summed E-state index contributed by atoms with van der Waals surface area (Å²) < 4.78 is 0. The predicted molar refractivity (Wildman–Crippen MR) is 70.0 cm³/mol. The van der Waals surface area contributed by atoms with Gasteiger partial charge in [-0.15, -0.1) is 0 Å². The van der Waals surface area contributed by atoms with Gasteiger partial charge in [-0.2, -0.15) is 0 Å². The van der Waals surface area contributed by atoms with E-state index in [0.717, 1.165) is 12.8 Å². The Labute approximate surface area is 103 Å². The van der Waals surface area contributed by atoms with Crippen LogP contribution in [0.1, 0.15) is 19.8 Å². The Morgan fingerprint density at radius 1 is 1.41 bits per heavy atom. The molecule has 1 aliphatic rings. The van der Waals surface area contributed by atoms with Gasteiger partial charge >= 0.3 is 0 Å². The zero-order valence-corrected chi connectivity index (χ0v) is 10.5.